The van der Waals surface area contributed by atoms with Crippen molar-refractivity contribution in [2.45, 2.75) is 44.2 Å². The molecule has 3 aromatic rings. The highest BCUT2D eigenvalue weighted by atomic mass is 35.5. The van der Waals surface area contributed by atoms with Gasteiger partial charge in [-0.05, 0) is 62.1 Å². The lowest BCUT2D eigenvalue weighted by molar-refractivity contribution is 0.111. The SMILES string of the molecule is CCOc1cc2c(cc1OC)C(c1ccc(-n3cccn3)nc1)=NC1CCC(O)CC21.Cl. The van der Waals surface area contributed by atoms with Crippen molar-refractivity contribution < 1.29 is 14.6 Å². The fraction of sp³-hybridized carbons (Fsp3) is 0.375. The average Bonchev–Trinajstić information content (AvgIpc) is 3.34. The van der Waals surface area contributed by atoms with Crippen LogP contribution in [0.25, 0.3) is 5.82 Å². The van der Waals surface area contributed by atoms with E-state index in [1.54, 1.807) is 18.0 Å². The van der Waals surface area contributed by atoms with E-state index in [0.29, 0.717) is 18.8 Å². The summed E-state index contributed by atoms with van der Waals surface area (Å²) in [5.41, 5.74) is 4.04. The molecule has 0 spiro atoms. The first kappa shape index (κ1) is 22.3. The molecule has 3 heterocycles. The van der Waals surface area contributed by atoms with Gasteiger partial charge in [0.05, 0.1) is 31.6 Å². The number of halogens is 1. The van der Waals surface area contributed by atoms with Gasteiger partial charge in [0, 0.05) is 35.6 Å². The Hall–Kier alpha value is -2.90. The van der Waals surface area contributed by atoms with Gasteiger partial charge >= 0.3 is 0 Å². The molecule has 1 aromatic carbocycles. The number of hydrogen-bond donors (Lipinski definition) is 1. The van der Waals surface area contributed by atoms with E-state index in [0.717, 1.165) is 46.8 Å². The van der Waals surface area contributed by atoms with Crippen LogP contribution in [0.3, 0.4) is 0 Å². The van der Waals surface area contributed by atoms with Gasteiger partial charge in [-0.3, -0.25) is 4.99 Å². The van der Waals surface area contributed by atoms with Gasteiger partial charge in [0.2, 0.25) is 0 Å². The number of methoxy groups -OCH3 is 1. The molecule has 1 N–H and O–H groups in total. The molecule has 1 fully saturated rings. The van der Waals surface area contributed by atoms with Crippen LogP contribution in [0, 0.1) is 0 Å². The Balaban J connectivity index is 0.00000245. The summed E-state index contributed by atoms with van der Waals surface area (Å²) in [6, 6.07) is 10.1. The van der Waals surface area contributed by atoms with Crippen LogP contribution < -0.4 is 9.47 Å². The van der Waals surface area contributed by atoms with E-state index < -0.39 is 0 Å². The number of aliphatic hydroxyl groups excluding tert-OH is 1. The van der Waals surface area contributed by atoms with E-state index in [-0.39, 0.29) is 30.5 Å². The highest BCUT2D eigenvalue weighted by molar-refractivity contribution is 6.14. The monoisotopic (exact) mass is 454 g/mol. The van der Waals surface area contributed by atoms with Crippen LogP contribution in [0.4, 0.5) is 0 Å². The van der Waals surface area contributed by atoms with Crippen molar-refractivity contribution in [3.8, 4) is 17.3 Å². The quantitative estimate of drug-likeness (QED) is 0.631. The summed E-state index contributed by atoms with van der Waals surface area (Å²) in [5.74, 6) is 2.34. The minimum absolute atomic E-state index is 0. The topological polar surface area (TPSA) is 81.8 Å². The highest BCUT2D eigenvalue weighted by Gasteiger charge is 2.37. The summed E-state index contributed by atoms with van der Waals surface area (Å²) in [5, 5.41) is 14.6. The number of aromatic nitrogens is 3. The van der Waals surface area contributed by atoms with Gasteiger partial charge < -0.3 is 14.6 Å². The number of pyridine rings is 1. The summed E-state index contributed by atoms with van der Waals surface area (Å²) in [6.07, 6.45) is 7.51. The maximum Gasteiger partial charge on any atom is 0.161 e. The molecule has 8 heteroatoms. The minimum atomic E-state index is -0.293. The average molecular weight is 455 g/mol. The van der Waals surface area contributed by atoms with Gasteiger partial charge in [0.25, 0.3) is 0 Å². The van der Waals surface area contributed by atoms with E-state index >= 15 is 0 Å². The van der Waals surface area contributed by atoms with Crippen molar-refractivity contribution in [1.29, 1.82) is 0 Å². The Morgan fingerprint density at radius 3 is 2.75 bits per heavy atom. The van der Waals surface area contributed by atoms with Crippen molar-refractivity contribution in [3.05, 3.63) is 65.6 Å². The molecule has 2 aliphatic rings. The van der Waals surface area contributed by atoms with Crippen molar-refractivity contribution in [3.63, 3.8) is 0 Å². The molecule has 1 saturated carbocycles. The third-order valence-electron chi connectivity index (χ3n) is 6.13. The van der Waals surface area contributed by atoms with Gasteiger partial charge in [0.15, 0.2) is 17.3 Å². The zero-order chi connectivity index (χ0) is 21.4. The Labute approximate surface area is 193 Å². The minimum Gasteiger partial charge on any atom is -0.493 e. The molecule has 1 aliphatic carbocycles. The molecule has 0 bridgehead atoms. The number of fused-ring (bicyclic) bond motifs is 3. The number of aliphatic hydroxyl groups is 1. The molecule has 3 atom stereocenters. The summed E-state index contributed by atoms with van der Waals surface area (Å²) in [6.45, 7) is 2.53. The van der Waals surface area contributed by atoms with Gasteiger partial charge in [-0.15, -0.1) is 12.4 Å². The standard InChI is InChI=1S/C24H26N4O3.ClH/c1-3-31-22-12-17-18-11-16(29)6-7-20(18)27-24(19(17)13-21(22)30-2)15-5-8-23(25-14-15)28-10-4-9-26-28;/h4-5,8-10,12-14,16,18,20,29H,3,6-7,11H2,1-2H3;1H. The van der Waals surface area contributed by atoms with Crippen LogP contribution in [0.1, 0.15) is 48.8 Å². The Morgan fingerprint density at radius 1 is 1.19 bits per heavy atom. The third kappa shape index (κ3) is 3.98. The van der Waals surface area contributed by atoms with Gasteiger partial charge in [-0.2, -0.15) is 5.10 Å². The first-order chi connectivity index (χ1) is 15.2. The fourth-order valence-electron chi connectivity index (χ4n) is 4.67. The van der Waals surface area contributed by atoms with E-state index in [9.17, 15) is 5.11 Å². The van der Waals surface area contributed by atoms with Crippen molar-refractivity contribution in [2.75, 3.05) is 13.7 Å². The first-order valence-corrected chi connectivity index (χ1v) is 10.7. The number of rotatable bonds is 5. The predicted octanol–water partition coefficient (Wildman–Crippen LogP) is 3.94. The largest absolute Gasteiger partial charge is 0.493 e. The zero-order valence-corrected chi connectivity index (χ0v) is 19.0. The summed E-state index contributed by atoms with van der Waals surface area (Å²) in [7, 11) is 1.65. The second-order valence-electron chi connectivity index (χ2n) is 8.00. The number of ether oxygens (including phenoxy) is 2. The molecule has 32 heavy (non-hydrogen) atoms. The van der Waals surface area contributed by atoms with Crippen molar-refractivity contribution >= 4 is 18.1 Å². The maximum absolute atomic E-state index is 10.3. The second-order valence-corrected chi connectivity index (χ2v) is 8.00. The van der Waals surface area contributed by atoms with Gasteiger partial charge in [0.1, 0.15) is 0 Å². The summed E-state index contributed by atoms with van der Waals surface area (Å²) in [4.78, 5) is 9.74. The molecule has 0 radical (unpaired) electrons. The molecule has 0 saturated heterocycles. The Morgan fingerprint density at radius 2 is 2.06 bits per heavy atom. The fourth-order valence-corrected chi connectivity index (χ4v) is 4.67. The third-order valence-corrected chi connectivity index (χ3v) is 6.13. The van der Waals surface area contributed by atoms with Crippen molar-refractivity contribution in [2.24, 2.45) is 4.99 Å². The summed E-state index contributed by atoms with van der Waals surface area (Å²) >= 11 is 0. The van der Waals surface area contributed by atoms with Crippen LogP contribution in [0.5, 0.6) is 11.5 Å². The molecule has 2 aromatic heterocycles. The lowest BCUT2D eigenvalue weighted by Gasteiger charge is -2.37. The Bertz CT molecular complexity index is 1100. The molecule has 168 valence electrons. The van der Waals surface area contributed by atoms with Crippen LogP contribution in [0.15, 0.2) is 53.9 Å². The number of benzene rings is 1. The Kier molecular flexibility index (Phi) is 6.48. The van der Waals surface area contributed by atoms with E-state index in [4.69, 9.17) is 14.5 Å². The predicted molar refractivity (Wildman–Crippen MR) is 125 cm³/mol. The van der Waals surface area contributed by atoms with Gasteiger partial charge in [-0.25, -0.2) is 9.67 Å². The molecule has 0 amide bonds. The number of nitrogens with zero attached hydrogens (tertiary/aromatic N) is 4. The number of hydrogen-bond acceptors (Lipinski definition) is 6. The zero-order valence-electron chi connectivity index (χ0n) is 18.1. The van der Waals surface area contributed by atoms with Crippen molar-refractivity contribution in [1.82, 2.24) is 14.8 Å². The molecule has 1 aliphatic heterocycles. The van der Waals surface area contributed by atoms with E-state index in [2.05, 4.69) is 16.1 Å². The van der Waals surface area contributed by atoms with Crippen LogP contribution in [-0.2, 0) is 0 Å². The highest BCUT2D eigenvalue weighted by Crippen LogP contribution is 2.44. The van der Waals surface area contributed by atoms with E-state index in [1.165, 1.54) is 0 Å². The summed E-state index contributed by atoms with van der Waals surface area (Å²) < 4.78 is 13.2. The lowest BCUT2D eigenvalue weighted by Crippen LogP contribution is -2.34. The smallest absolute Gasteiger partial charge is 0.161 e. The molecule has 7 nitrogen and oxygen atoms in total. The normalized spacial score (nSPS) is 21.6. The molecular weight excluding hydrogens is 428 g/mol. The molecule has 3 unspecified atom stereocenters. The van der Waals surface area contributed by atoms with Crippen LogP contribution in [-0.4, -0.2) is 51.4 Å². The van der Waals surface area contributed by atoms with E-state index in [1.807, 2.05) is 43.6 Å². The molecule has 5 rings (SSSR count). The maximum atomic E-state index is 10.3. The van der Waals surface area contributed by atoms with Crippen LogP contribution in [0.2, 0.25) is 0 Å². The second kappa shape index (κ2) is 9.30. The molecular formula is C24H27ClN4O3. The van der Waals surface area contributed by atoms with Gasteiger partial charge in [-0.1, -0.05) is 0 Å². The van der Waals surface area contributed by atoms with Crippen LogP contribution >= 0.6 is 12.4 Å². The first-order valence-electron chi connectivity index (χ1n) is 10.7. The number of aliphatic imine (C=N–C) groups is 1. The lowest BCUT2D eigenvalue weighted by atomic mass is 9.74.